The lowest BCUT2D eigenvalue weighted by atomic mass is 10.2. The van der Waals surface area contributed by atoms with Crippen molar-refractivity contribution in [3.05, 3.63) is 0 Å². The first-order valence-corrected chi connectivity index (χ1v) is 7.45. The summed E-state index contributed by atoms with van der Waals surface area (Å²) in [7, 11) is 0. The molecule has 0 aromatic carbocycles. The Labute approximate surface area is 109 Å². The molecule has 5 heteroatoms. The number of rotatable bonds is 8. The van der Waals surface area contributed by atoms with Gasteiger partial charge in [0.25, 0.3) is 0 Å². The largest absolute Gasteiger partial charge is 0.395 e. The number of hydrogen-bond donors (Lipinski definition) is 3. The summed E-state index contributed by atoms with van der Waals surface area (Å²) in [6, 6.07) is 0.0733. The van der Waals surface area contributed by atoms with Gasteiger partial charge in [0.05, 0.1) is 12.6 Å². The van der Waals surface area contributed by atoms with Crippen molar-refractivity contribution in [2.45, 2.75) is 57.5 Å². The van der Waals surface area contributed by atoms with Gasteiger partial charge in [0.15, 0.2) is 0 Å². The topological polar surface area (TPSA) is 61.4 Å². The molecule has 0 aliphatic heterocycles. The van der Waals surface area contributed by atoms with Crippen molar-refractivity contribution in [1.82, 2.24) is 10.6 Å². The number of thioether (sulfide) groups is 1. The van der Waals surface area contributed by atoms with Crippen LogP contribution in [0.25, 0.3) is 0 Å². The van der Waals surface area contributed by atoms with Crippen LogP contribution in [-0.2, 0) is 4.79 Å². The van der Waals surface area contributed by atoms with Crippen LogP contribution in [0.4, 0.5) is 0 Å². The number of aliphatic hydroxyl groups excluding tert-OH is 1. The van der Waals surface area contributed by atoms with Crippen LogP contribution >= 0.6 is 11.8 Å². The molecule has 4 unspecified atom stereocenters. The fourth-order valence-electron chi connectivity index (χ4n) is 1.48. The molecule has 0 radical (unpaired) electrons. The number of nitrogens with one attached hydrogen (secondary N) is 2. The molecule has 3 N–H and O–H groups in total. The monoisotopic (exact) mass is 262 g/mol. The van der Waals surface area contributed by atoms with Crippen molar-refractivity contribution < 1.29 is 9.90 Å². The quantitative estimate of drug-likeness (QED) is 0.610. The van der Waals surface area contributed by atoms with Gasteiger partial charge in [0.1, 0.15) is 0 Å². The van der Waals surface area contributed by atoms with E-state index in [1.165, 1.54) is 0 Å². The zero-order valence-electron chi connectivity index (χ0n) is 11.5. The van der Waals surface area contributed by atoms with E-state index in [2.05, 4.69) is 10.6 Å². The Morgan fingerprint density at radius 3 is 2.35 bits per heavy atom. The summed E-state index contributed by atoms with van der Waals surface area (Å²) in [6.45, 7) is 8.00. The van der Waals surface area contributed by atoms with Crippen LogP contribution in [0.1, 0.15) is 34.1 Å². The third-order valence-electron chi connectivity index (χ3n) is 2.95. The number of carbonyl (C=O) groups is 1. The average molecular weight is 262 g/mol. The molecule has 4 atom stereocenters. The maximum absolute atomic E-state index is 11.8. The van der Waals surface area contributed by atoms with E-state index in [-0.39, 0.29) is 35.9 Å². The molecule has 0 fully saturated rings. The molecule has 0 aromatic rings. The second-order valence-corrected chi connectivity index (χ2v) is 5.53. The molecule has 0 aliphatic carbocycles. The highest BCUT2D eigenvalue weighted by atomic mass is 32.2. The van der Waals surface area contributed by atoms with E-state index >= 15 is 0 Å². The normalized spacial score (nSPS) is 18.2. The van der Waals surface area contributed by atoms with Crippen LogP contribution in [0.3, 0.4) is 0 Å². The van der Waals surface area contributed by atoms with Crippen LogP contribution < -0.4 is 10.6 Å². The summed E-state index contributed by atoms with van der Waals surface area (Å²) in [4.78, 5) is 11.8. The lowest BCUT2D eigenvalue weighted by Crippen LogP contribution is -2.50. The number of amides is 1. The van der Waals surface area contributed by atoms with Crippen LogP contribution in [0.5, 0.6) is 0 Å². The van der Waals surface area contributed by atoms with Crippen molar-refractivity contribution in [1.29, 1.82) is 0 Å². The first kappa shape index (κ1) is 16.7. The van der Waals surface area contributed by atoms with E-state index in [9.17, 15) is 9.90 Å². The number of hydrogen-bond acceptors (Lipinski definition) is 4. The summed E-state index contributed by atoms with van der Waals surface area (Å²) in [6.07, 6.45) is 2.89. The Morgan fingerprint density at radius 2 is 1.94 bits per heavy atom. The highest BCUT2D eigenvalue weighted by Gasteiger charge is 2.21. The van der Waals surface area contributed by atoms with Gasteiger partial charge in [-0.3, -0.25) is 4.79 Å². The molecule has 1 amide bonds. The lowest BCUT2D eigenvalue weighted by molar-refractivity contribution is -0.123. The molecular formula is C12H26N2O2S. The maximum Gasteiger partial charge on any atom is 0.237 e. The minimum Gasteiger partial charge on any atom is -0.395 e. The molecule has 0 aromatic heterocycles. The molecule has 0 saturated carbocycles. The van der Waals surface area contributed by atoms with Gasteiger partial charge in [0, 0.05) is 17.3 Å². The second kappa shape index (κ2) is 8.78. The van der Waals surface area contributed by atoms with Crippen molar-refractivity contribution in [2.75, 3.05) is 12.9 Å². The van der Waals surface area contributed by atoms with Gasteiger partial charge in [-0.25, -0.2) is 0 Å². The smallest absolute Gasteiger partial charge is 0.237 e. The van der Waals surface area contributed by atoms with Gasteiger partial charge >= 0.3 is 0 Å². The Morgan fingerprint density at radius 1 is 1.35 bits per heavy atom. The predicted molar refractivity (Wildman–Crippen MR) is 74.3 cm³/mol. The summed E-state index contributed by atoms with van der Waals surface area (Å²) < 4.78 is 0. The molecule has 0 aliphatic rings. The van der Waals surface area contributed by atoms with Crippen LogP contribution in [-0.4, -0.2) is 47.3 Å². The average Bonchev–Trinajstić information content (AvgIpc) is 2.30. The molecule has 0 bridgehead atoms. The summed E-state index contributed by atoms with van der Waals surface area (Å²) in [5, 5.41) is 15.4. The van der Waals surface area contributed by atoms with Gasteiger partial charge in [0.2, 0.25) is 5.91 Å². The minimum atomic E-state index is -0.236. The van der Waals surface area contributed by atoms with Crippen molar-refractivity contribution in [3.63, 3.8) is 0 Å². The molecule has 17 heavy (non-hydrogen) atoms. The van der Waals surface area contributed by atoms with Gasteiger partial charge in [-0.15, -0.1) is 0 Å². The fourth-order valence-corrected chi connectivity index (χ4v) is 2.12. The Kier molecular flexibility index (Phi) is 8.64. The maximum atomic E-state index is 11.8. The predicted octanol–water partition coefficient (Wildman–Crippen LogP) is 0.992. The zero-order chi connectivity index (χ0) is 13.4. The van der Waals surface area contributed by atoms with Gasteiger partial charge in [-0.05, 0) is 33.4 Å². The molecule has 0 spiro atoms. The van der Waals surface area contributed by atoms with Crippen molar-refractivity contribution in [2.24, 2.45) is 0 Å². The molecule has 4 nitrogen and oxygen atoms in total. The molecule has 0 heterocycles. The van der Waals surface area contributed by atoms with E-state index in [0.717, 1.165) is 6.42 Å². The fraction of sp³-hybridized carbons (Fsp3) is 0.917. The Bertz CT molecular complexity index is 223. The summed E-state index contributed by atoms with van der Waals surface area (Å²) in [5.41, 5.74) is 0. The second-order valence-electron chi connectivity index (χ2n) is 4.45. The van der Waals surface area contributed by atoms with Gasteiger partial charge < -0.3 is 15.7 Å². The van der Waals surface area contributed by atoms with E-state index in [1.54, 1.807) is 11.8 Å². The lowest BCUT2D eigenvalue weighted by Gasteiger charge is -2.25. The molecule has 102 valence electrons. The van der Waals surface area contributed by atoms with E-state index < -0.39 is 0 Å². The van der Waals surface area contributed by atoms with Gasteiger partial charge in [-0.2, -0.15) is 11.8 Å². The van der Waals surface area contributed by atoms with Crippen LogP contribution in [0.2, 0.25) is 0 Å². The zero-order valence-corrected chi connectivity index (χ0v) is 12.3. The number of aliphatic hydroxyl groups is 1. The third kappa shape index (κ3) is 6.29. The standard InChI is InChI=1S/C12H26N2O2S/c1-6-8(2)13-12(16)10(4)14-9(3)11(7-15)17-5/h8-11,14-15H,6-7H2,1-5H3,(H,13,16). The first-order chi connectivity index (χ1) is 7.96. The molecule has 0 saturated heterocycles. The first-order valence-electron chi connectivity index (χ1n) is 6.16. The highest BCUT2D eigenvalue weighted by Crippen LogP contribution is 2.10. The van der Waals surface area contributed by atoms with E-state index in [0.29, 0.717) is 0 Å². The van der Waals surface area contributed by atoms with Crippen molar-refractivity contribution in [3.8, 4) is 0 Å². The molecule has 0 rings (SSSR count). The van der Waals surface area contributed by atoms with Crippen molar-refractivity contribution >= 4 is 17.7 Å². The summed E-state index contributed by atoms with van der Waals surface area (Å²) in [5.74, 6) is 0.0176. The third-order valence-corrected chi connectivity index (χ3v) is 4.11. The highest BCUT2D eigenvalue weighted by molar-refractivity contribution is 7.99. The Hall–Kier alpha value is -0.260. The van der Waals surface area contributed by atoms with Crippen LogP contribution in [0.15, 0.2) is 0 Å². The van der Waals surface area contributed by atoms with Crippen LogP contribution in [0, 0.1) is 0 Å². The van der Waals surface area contributed by atoms with E-state index in [4.69, 9.17) is 0 Å². The summed E-state index contributed by atoms with van der Waals surface area (Å²) >= 11 is 1.61. The Balaban J connectivity index is 4.14. The SMILES string of the molecule is CCC(C)NC(=O)C(C)NC(C)C(CO)SC. The van der Waals surface area contributed by atoms with Gasteiger partial charge in [-0.1, -0.05) is 6.92 Å². The number of carbonyl (C=O) groups excluding carboxylic acids is 1. The molecular weight excluding hydrogens is 236 g/mol. The minimum absolute atomic E-state index is 0.0176. The van der Waals surface area contributed by atoms with E-state index in [1.807, 2.05) is 34.0 Å².